The summed E-state index contributed by atoms with van der Waals surface area (Å²) in [6.45, 7) is 6.59. The zero-order chi connectivity index (χ0) is 11.0. The van der Waals surface area contributed by atoms with E-state index in [1.165, 1.54) is 46.6 Å². The molecule has 2 heteroatoms. The van der Waals surface area contributed by atoms with E-state index in [1.807, 2.05) is 11.3 Å². The lowest BCUT2D eigenvalue weighted by atomic mass is 10.2. The van der Waals surface area contributed by atoms with Crippen LogP contribution in [0.15, 0.2) is 36.9 Å². The van der Waals surface area contributed by atoms with E-state index in [9.17, 15) is 0 Å². The summed E-state index contributed by atoms with van der Waals surface area (Å²) in [6, 6.07) is 10.8. The quantitative estimate of drug-likeness (QED) is 0.753. The fourth-order valence-corrected chi connectivity index (χ4v) is 3.33. The molecule has 0 amide bonds. The van der Waals surface area contributed by atoms with Crippen molar-refractivity contribution < 1.29 is 0 Å². The Morgan fingerprint density at radius 1 is 1.19 bits per heavy atom. The predicted octanol–water partition coefficient (Wildman–Crippen LogP) is 3.97. The number of likely N-dealkylation sites (tertiary alicyclic amines) is 1. The summed E-state index contributed by atoms with van der Waals surface area (Å²) in [4.78, 5) is 3.73. The number of fused-ring (bicyclic) bond motifs is 1. The van der Waals surface area contributed by atoms with Crippen molar-refractivity contribution in [3.8, 4) is 0 Å². The smallest absolute Gasteiger partial charge is 0.0510 e. The Bertz CT molecular complexity index is 487. The molecule has 82 valence electrons. The molecule has 0 saturated carbocycles. The Labute approximate surface area is 100 Å². The third-order valence-electron chi connectivity index (χ3n) is 3.20. The summed E-state index contributed by atoms with van der Waals surface area (Å²) in [5.41, 5.74) is 1.21. The first-order valence-electron chi connectivity index (χ1n) is 5.77. The Morgan fingerprint density at radius 2 is 1.94 bits per heavy atom. The number of hydrogen-bond donors (Lipinski definition) is 0. The Balaban J connectivity index is 1.96. The first-order valence-corrected chi connectivity index (χ1v) is 6.59. The van der Waals surface area contributed by atoms with Gasteiger partial charge in [0.1, 0.15) is 0 Å². The molecule has 3 rings (SSSR count). The van der Waals surface area contributed by atoms with Crippen molar-refractivity contribution in [1.82, 2.24) is 4.90 Å². The highest BCUT2D eigenvalue weighted by molar-refractivity contribution is 7.20. The van der Waals surface area contributed by atoms with Crippen LogP contribution in [0.25, 0.3) is 15.8 Å². The van der Waals surface area contributed by atoms with Gasteiger partial charge in [0.05, 0.1) is 4.88 Å². The summed E-state index contributed by atoms with van der Waals surface area (Å²) in [7, 11) is 0. The van der Waals surface area contributed by atoms with E-state index >= 15 is 0 Å². The molecule has 0 bridgehead atoms. The minimum absolute atomic E-state index is 1.17. The van der Waals surface area contributed by atoms with Crippen molar-refractivity contribution in [3.63, 3.8) is 0 Å². The summed E-state index contributed by atoms with van der Waals surface area (Å²) in [5, 5.41) is 1.34. The second-order valence-corrected chi connectivity index (χ2v) is 5.37. The van der Waals surface area contributed by atoms with Crippen molar-refractivity contribution in [2.45, 2.75) is 12.8 Å². The SMILES string of the molecule is C=C(c1cc2ccccc2s1)N1CCCC1. The maximum Gasteiger partial charge on any atom is 0.0510 e. The molecule has 0 radical (unpaired) electrons. The molecule has 0 atom stereocenters. The zero-order valence-corrected chi connectivity index (χ0v) is 10.1. The molecule has 2 aromatic rings. The van der Waals surface area contributed by atoms with Gasteiger partial charge in [-0.2, -0.15) is 0 Å². The molecule has 1 fully saturated rings. The monoisotopic (exact) mass is 229 g/mol. The van der Waals surface area contributed by atoms with Crippen molar-refractivity contribution in [2.24, 2.45) is 0 Å². The molecule has 1 aliphatic heterocycles. The van der Waals surface area contributed by atoms with E-state index in [0.717, 1.165) is 0 Å². The van der Waals surface area contributed by atoms with Gasteiger partial charge in [-0.15, -0.1) is 11.3 Å². The van der Waals surface area contributed by atoms with Gasteiger partial charge in [0.25, 0.3) is 0 Å². The van der Waals surface area contributed by atoms with Gasteiger partial charge in [0, 0.05) is 23.5 Å². The third kappa shape index (κ3) is 1.63. The van der Waals surface area contributed by atoms with Gasteiger partial charge in [-0.25, -0.2) is 0 Å². The predicted molar refractivity (Wildman–Crippen MR) is 71.7 cm³/mol. The number of benzene rings is 1. The van der Waals surface area contributed by atoms with Crippen LogP contribution in [-0.2, 0) is 0 Å². The third-order valence-corrected chi connectivity index (χ3v) is 4.36. The molecule has 2 heterocycles. The second kappa shape index (κ2) is 3.95. The molecule has 1 nitrogen and oxygen atoms in total. The largest absolute Gasteiger partial charge is 0.371 e. The van der Waals surface area contributed by atoms with Gasteiger partial charge in [0.15, 0.2) is 0 Å². The minimum Gasteiger partial charge on any atom is -0.371 e. The van der Waals surface area contributed by atoms with Crippen LogP contribution in [0.4, 0.5) is 0 Å². The molecule has 0 N–H and O–H groups in total. The van der Waals surface area contributed by atoms with E-state index in [-0.39, 0.29) is 0 Å². The Hall–Kier alpha value is -1.28. The molecule has 0 spiro atoms. The summed E-state index contributed by atoms with van der Waals surface area (Å²) in [5.74, 6) is 0. The van der Waals surface area contributed by atoms with Crippen molar-refractivity contribution in [1.29, 1.82) is 0 Å². The lowest BCUT2D eigenvalue weighted by Gasteiger charge is -2.18. The second-order valence-electron chi connectivity index (χ2n) is 4.29. The van der Waals surface area contributed by atoms with E-state index < -0.39 is 0 Å². The van der Waals surface area contributed by atoms with E-state index in [2.05, 4.69) is 41.8 Å². The van der Waals surface area contributed by atoms with Crippen LogP contribution in [0, 0.1) is 0 Å². The van der Waals surface area contributed by atoms with Gasteiger partial charge < -0.3 is 4.90 Å². The van der Waals surface area contributed by atoms with Gasteiger partial charge in [0.2, 0.25) is 0 Å². The molecule has 1 aromatic carbocycles. The highest BCUT2D eigenvalue weighted by Crippen LogP contribution is 2.32. The van der Waals surface area contributed by atoms with E-state index in [4.69, 9.17) is 0 Å². The van der Waals surface area contributed by atoms with Crippen molar-refractivity contribution in [2.75, 3.05) is 13.1 Å². The van der Waals surface area contributed by atoms with Gasteiger partial charge in [-0.1, -0.05) is 24.8 Å². The average molecular weight is 229 g/mol. The summed E-state index contributed by atoms with van der Waals surface area (Å²) < 4.78 is 1.36. The van der Waals surface area contributed by atoms with E-state index in [0.29, 0.717) is 0 Å². The molecule has 1 aromatic heterocycles. The summed E-state index contributed by atoms with van der Waals surface area (Å²) in [6.07, 6.45) is 2.62. The maximum atomic E-state index is 4.24. The zero-order valence-electron chi connectivity index (χ0n) is 9.28. The lowest BCUT2D eigenvalue weighted by molar-refractivity contribution is 0.495. The Morgan fingerprint density at radius 3 is 2.69 bits per heavy atom. The van der Waals surface area contributed by atoms with Crippen molar-refractivity contribution in [3.05, 3.63) is 41.8 Å². The molecule has 1 aliphatic rings. The molecular weight excluding hydrogens is 214 g/mol. The molecule has 0 unspecified atom stereocenters. The lowest BCUT2D eigenvalue weighted by Crippen LogP contribution is -2.15. The summed E-state index contributed by atoms with van der Waals surface area (Å²) >= 11 is 1.85. The van der Waals surface area contributed by atoms with Gasteiger partial charge in [-0.3, -0.25) is 0 Å². The maximum absolute atomic E-state index is 4.24. The number of rotatable bonds is 2. The van der Waals surface area contributed by atoms with Crippen LogP contribution in [0.3, 0.4) is 0 Å². The molecular formula is C14H15NS. The standard InChI is InChI=1S/C14H15NS/c1-11(15-8-4-5-9-15)14-10-12-6-2-3-7-13(12)16-14/h2-3,6-7,10H,1,4-5,8-9H2. The average Bonchev–Trinajstić information content (AvgIpc) is 2.97. The highest BCUT2D eigenvalue weighted by Gasteiger charge is 2.15. The number of thiophene rings is 1. The molecule has 0 aliphatic carbocycles. The first kappa shape index (κ1) is 9.91. The Kier molecular flexibility index (Phi) is 2.44. The van der Waals surface area contributed by atoms with Gasteiger partial charge >= 0.3 is 0 Å². The topological polar surface area (TPSA) is 3.24 Å². The normalized spacial score (nSPS) is 15.9. The molecule has 1 saturated heterocycles. The first-order chi connectivity index (χ1) is 7.84. The highest BCUT2D eigenvalue weighted by atomic mass is 32.1. The van der Waals surface area contributed by atoms with Gasteiger partial charge in [-0.05, 0) is 30.4 Å². The van der Waals surface area contributed by atoms with Crippen LogP contribution in [-0.4, -0.2) is 18.0 Å². The van der Waals surface area contributed by atoms with Crippen LogP contribution < -0.4 is 0 Å². The van der Waals surface area contributed by atoms with Crippen LogP contribution in [0.2, 0.25) is 0 Å². The number of hydrogen-bond acceptors (Lipinski definition) is 2. The van der Waals surface area contributed by atoms with Crippen LogP contribution in [0.1, 0.15) is 17.7 Å². The fraction of sp³-hybridized carbons (Fsp3) is 0.286. The minimum atomic E-state index is 1.17. The number of nitrogens with zero attached hydrogens (tertiary/aromatic N) is 1. The van der Waals surface area contributed by atoms with E-state index in [1.54, 1.807) is 0 Å². The molecule has 16 heavy (non-hydrogen) atoms. The van der Waals surface area contributed by atoms with Crippen LogP contribution >= 0.6 is 11.3 Å². The fourth-order valence-electron chi connectivity index (χ4n) is 2.27. The van der Waals surface area contributed by atoms with Crippen LogP contribution in [0.5, 0.6) is 0 Å². The van der Waals surface area contributed by atoms with Crippen molar-refractivity contribution >= 4 is 27.1 Å².